The summed E-state index contributed by atoms with van der Waals surface area (Å²) in [6, 6.07) is 15.7. The van der Waals surface area contributed by atoms with E-state index in [1.165, 1.54) is 4.88 Å². The molecular weight excluding hydrogens is 408 g/mol. The molecule has 6 nitrogen and oxygen atoms in total. The van der Waals surface area contributed by atoms with Crippen LogP contribution in [0.3, 0.4) is 0 Å². The van der Waals surface area contributed by atoms with Crippen molar-refractivity contribution in [3.63, 3.8) is 0 Å². The number of pyridine rings is 1. The average molecular weight is 437 g/mol. The summed E-state index contributed by atoms with van der Waals surface area (Å²) in [4.78, 5) is 23.0. The van der Waals surface area contributed by atoms with Gasteiger partial charge in [0.25, 0.3) is 5.91 Å². The van der Waals surface area contributed by atoms with Gasteiger partial charge in [0.2, 0.25) is 0 Å². The van der Waals surface area contributed by atoms with Gasteiger partial charge in [-0.05, 0) is 56.2 Å². The van der Waals surface area contributed by atoms with E-state index in [1.54, 1.807) is 11.3 Å². The maximum atomic E-state index is 13.4. The van der Waals surface area contributed by atoms with Gasteiger partial charge in [-0.15, -0.1) is 11.3 Å². The van der Waals surface area contributed by atoms with Crippen molar-refractivity contribution in [2.75, 3.05) is 43.5 Å². The van der Waals surface area contributed by atoms with Crippen LogP contribution in [0, 0.1) is 6.92 Å². The lowest BCUT2D eigenvalue weighted by Crippen LogP contribution is -2.33. The lowest BCUT2D eigenvalue weighted by molar-refractivity contribution is 0.0990. The van der Waals surface area contributed by atoms with Crippen molar-refractivity contribution in [1.29, 1.82) is 0 Å². The third-order valence-corrected chi connectivity index (χ3v) is 6.40. The molecule has 0 fully saturated rings. The fourth-order valence-electron chi connectivity index (χ4n) is 3.75. The highest BCUT2D eigenvalue weighted by molar-refractivity contribution is 7.10. The van der Waals surface area contributed by atoms with Gasteiger partial charge in [0.1, 0.15) is 17.7 Å². The molecule has 1 aromatic carbocycles. The van der Waals surface area contributed by atoms with Crippen LogP contribution in [-0.4, -0.2) is 44.6 Å². The largest absolute Gasteiger partial charge is 0.485 e. The zero-order valence-electron chi connectivity index (χ0n) is 18.2. The maximum Gasteiger partial charge on any atom is 0.262 e. The summed E-state index contributed by atoms with van der Waals surface area (Å²) in [5.74, 6) is 1.47. The van der Waals surface area contributed by atoms with Gasteiger partial charge in [0, 0.05) is 48.9 Å². The molecule has 0 aliphatic carbocycles. The third kappa shape index (κ3) is 4.73. The first-order valence-corrected chi connectivity index (χ1v) is 11.4. The molecule has 1 atom stereocenters. The van der Waals surface area contributed by atoms with E-state index in [9.17, 15) is 4.79 Å². The summed E-state index contributed by atoms with van der Waals surface area (Å²) in [7, 11) is 3.93. The minimum atomic E-state index is -0.0333. The van der Waals surface area contributed by atoms with Gasteiger partial charge < -0.3 is 19.9 Å². The molecule has 1 N–H and O–H groups in total. The monoisotopic (exact) mass is 436 g/mol. The molecule has 0 radical (unpaired) electrons. The first-order chi connectivity index (χ1) is 15.1. The number of ether oxygens (including phenoxy) is 1. The summed E-state index contributed by atoms with van der Waals surface area (Å²) in [6.07, 6.45) is 0.842. The van der Waals surface area contributed by atoms with Crippen molar-refractivity contribution in [3.8, 4) is 5.75 Å². The third-order valence-electron chi connectivity index (χ3n) is 5.44. The van der Waals surface area contributed by atoms with Crippen molar-refractivity contribution in [3.05, 3.63) is 70.0 Å². The van der Waals surface area contributed by atoms with Crippen LogP contribution in [0.2, 0.25) is 0 Å². The molecule has 0 bridgehead atoms. The molecule has 2 aromatic heterocycles. The number of benzene rings is 1. The van der Waals surface area contributed by atoms with E-state index in [1.807, 2.05) is 73.3 Å². The smallest absolute Gasteiger partial charge is 0.262 e. The van der Waals surface area contributed by atoms with E-state index in [4.69, 9.17) is 4.74 Å². The number of aryl methyl sites for hydroxylation is 1. The Kier molecular flexibility index (Phi) is 6.53. The van der Waals surface area contributed by atoms with Crippen LogP contribution in [0.15, 0.2) is 53.9 Å². The van der Waals surface area contributed by atoms with Crippen LogP contribution in [0.5, 0.6) is 5.75 Å². The Bertz CT molecular complexity index is 1040. The molecule has 0 saturated heterocycles. The second-order valence-corrected chi connectivity index (χ2v) is 8.69. The summed E-state index contributed by atoms with van der Waals surface area (Å²) >= 11 is 1.70. The number of rotatable bonds is 7. The number of likely N-dealkylation sites (N-methyl/N-ethyl adjacent to an activating group) is 1. The molecule has 0 unspecified atom stereocenters. The normalized spacial score (nSPS) is 14.9. The fraction of sp³-hybridized carbons (Fsp3) is 0.333. The first kappa shape index (κ1) is 21.3. The molecule has 1 aliphatic rings. The highest BCUT2D eigenvalue weighted by Crippen LogP contribution is 2.32. The van der Waals surface area contributed by atoms with E-state index in [0.717, 1.165) is 35.9 Å². The Labute approximate surface area is 187 Å². The lowest BCUT2D eigenvalue weighted by atomic mass is 10.2. The molecule has 4 rings (SSSR count). The van der Waals surface area contributed by atoms with Gasteiger partial charge in [-0.1, -0.05) is 12.1 Å². The zero-order valence-corrected chi connectivity index (χ0v) is 19.0. The van der Waals surface area contributed by atoms with E-state index < -0.39 is 0 Å². The number of carbonyl (C=O) groups excluding carboxylic acids is 1. The summed E-state index contributed by atoms with van der Waals surface area (Å²) in [6.45, 7) is 4.10. The Hall–Kier alpha value is -2.90. The van der Waals surface area contributed by atoms with E-state index in [2.05, 4.69) is 21.7 Å². The zero-order chi connectivity index (χ0) is 21.8. The van der Waals surface area contributed by atoms with E-state index in [0.29, 0.717) is 18.7 Å². The van der Waals surface area contributed by atoms with Crippen LogP contribution in [-0.2, 0) is 0 Å². The maximum absolute atomic E-state index is 13.4. The topological polar surface area (TPSA) is 57.7 Å². The molecule has 31 heavy (non-hydrogen) atoms. The second kappa shape index (κ2) is 9.49. The molecule has 3 aromatic rings. The highest BCUT2D eigenvalue weighted by atomic mass is 32.1. The van der Waals surface area contributed by atoms with Crippen LogP contribution in [0.4, 0.5) is 11.5 Å². The van der Waals surface area contributed by atoms with Crippen LogP contribution in [0.25, 0.3) is 0 Å². The van der Waals surface area contributed by atoms with Crippen molar-refractivity contribution < 1.29 is 9.53 Å². The second-order valence-electron chi connectivity index (χ2n) is 7.71. The molecule has 3 heterocycles. The van der Waals surface area contributed by atoms with E-state index >= 15 is 0 Å². The van der Waals surface area contributed by atoms with Gasteiger partial charge in [0.05, 0.1) is 5.56 Å². The molecule has 0 saturated carbocycles. The quantitative estimate of drug-likeness (QED) is 0.599. The fourth-order valence-corrected chi connectivity index (χ4v) is 4.54. The Morgan fingerprint density at radius 3 is 2.84 bits per heavy atom. The molecular formula is C24H28N4O2S. The number of hydrogen-bond donors (Lipinski definition) is 1. The van der Waals surface area contributed by atoms with Crippen LogP contribution in [0.1, 0.15) is 33.5 Å². The average Bonchev–Trinajstić information content (AvgIpc) is 3.28. The summed E-state index contributed by atoms with van der Waals surface area (Å²) < 4.78 is 6.37. The molecule has 1 amide bonds. The van der Waals surface area contributed by atoms with Gasteiger partial charge in [0.15, 0.2) is 0 Å². The van der Waals surface area contributed by atoms with Gasteiger partial charge >= 0.3 is 0 Å². The number of amides is 1. The number of aromatic nitrogens is 1. The lowest BCUT2D eigenvalue weighted by Gasteiger charge is -2.23. The molecule has 0 spiro atoms. The SMILES string of the molecule is CNCC[C@@H](Oc1cccc(N2CCN(C)c3nc(C)ccc3C2=O)c1)c1cccs1. The van der Waals surface area contributed by atoms with Gasteiger partial charge in [-0.3, -0.25) is 4.79 Å². The van der Waals surface area contributed by atoms with Crippen molar-refractivity contribution in [2.45, 2.75) is 19.4 Å². The number of nitrogens with zero attached hydrogens (tertiary/aromatic N) is 3. The van der Waals surface area contributed by atoms with Crippen LogP contribution < -0.4 is 19.9 Å². The number of fused-ring (bicyclic) bond motifs is 1. The minimum Gasteiger partial charge on any atom is -0.485 e. The van der Waals surface area contributed by atoms with Gasteiger partial charge in [-0.25, -0.2) is 4.98 Å². The molecule has 162 valence electrons. The van der Waals surface area contributed by atoms with Crippen molar-refractivity contribution >= 4 is 28.7 Å². The summed E-state index contributed by atoms with van der Waals surface area (Å²) in [5, 5.41) is 5.27. The molecule has 7 heteroatoms. The Morgan fingerprint density at radius 2 is 2.06 bits per heavy atom. The Morgan fingerprint density at radius 1 is 1.19 bits per heavy atom. The molecule has 1 aliphatic heterocycles. The van der Waals surface area contributed by atoms with Crippen LogP contribution >= 0.6 is 11.3 Å². The number of carbonyl (C=O) groups is 1. The minimum absolute atomic E-state index is 0.0263. The highest BCUT2D eigenvalue weighted by Gasteiger charge is 2.27. The van der Waals surface area contributed by atoms with Gasteiger partial charge in [-0.2, -0.15) is 0 Å². The number of hydrogen-bond acceptors (Lipinski definition) is 6. The predicted molar refractivity (Wildman–Crippen MR) is 127 cm³/mol. The Balaban J connectivity index is 1.60. The number of nitrogens with one attached hydrogen (secondary N) is 1. The van der Waals surface area contributed by atoms with E-state index in [-0.39, 0.29) is 12.0 Å². The first-order valence-electron chi connectivity index (χ1n) is 10.5. The number of thiophene rings is 1. The predicted octanol–water partition coefficient (Wildman–Crippen LogP) is 4.28. The standard InChI is InChI=1S/C24H28N4O2S/c1-17-9-10-20-23(26-17)27(3)13-14-28(24(20)29)18-6-4-7-19(16-18)30-21(11-12-25-2)22-8-5-15-31-22/h4-10,15-16,21,25H,11-14H2,1-3H3/t21-/m1/s1. The van der Waals surface area contributed by atoms with Crippen molar-refractivity contribution in [1.82, 2.24) is 10.3 Å². The van der Waals surface area contributed by atoms with Crippen molar-refractivity contribution in [2.24, 2.45) is 0 Å². The summed E-state index contributed by atoms with van der Waals surface area (Å²) in [5.41, 5.74) is 2.37. The number of anilines is 2.